The highest BCUT2D eigenvalue weighted by Crippen LogP contribution is 2.33. The highest BCUT2D eigenvalue weighted by Gasteiger charge is 2.24. The maximum Gasteiger partial charge on any atom is 0.316 e. The summed E-state index contributed by atoms with van der Waals surface area (Å²) in [6.45, 7) is 0.327. The second kappa shape index (κ2) is 9.95. The molecule has 2 aromatic rings. The Morgan fingerprint density at radius 1 is 1.19 bits per heavy atom. The van der Waals surface area contributed by atoms with E-state index in [0.29, 0.717) is 29.5 Å². The number of nitrogens with one attached hydrogen (secondary N) is 1. The lowest BCUT2D eigenvalue weighted by molar-refractivity contribution is 0.201. The maximum atomic E-state index is 12.4. The first kappa shape index (κ1) is 22.0. The van der Waals surface area contributed by atoms with Crippen LogP contribution in [-0.2, 0) is 6.54 Å². The van der Waals surface area contributed by atoms with Gasteiger partial charge in [0, 0.05) is 17.0 Å². The molecule has 0 bridgehead atoms. The highest BCUT2D eigenvalue weighted by atomic mass is 32.2. The van der Waals surface area contributed by atoms with Crippen molar-refractivity contribution in [3.05, 3.63) is 53.6 Å². The molecular weight excluding hydrogens is 428 g/mol. The highest BCUT2D eigenvalue weighted by molar-refractivity contribution is 8.14. The number of hydrazone groups is 1. The number of primary amides is 1. The number of carbonyl (C=O) groups is 2. The van der Waals surface area contributed by atoms with Crippen LogP contribution in [0.15, 0.2) is 47.6 Å². The first-order chi connectivity index (χ1) is 15.5. The summed E-state index contributed by atoms with van der Waals surface area (Å²) < 4.78 is 11.7. The van der Waals surface area contributed by atoms with Crippen LogP contribution in [0.3, 0.4) is 0 Å². The van der Waals surface area contributed by atoms with Crippen LogP contribution >= 0.6 is 11.8 Å². The third-order valence-corrected chi connectivity index (χ3v) is 6.31. The van der Waals surface area contributed by atoms with Crippen LogP contribution in [0.2, 0.25) is 0 Å². The van der Waals surface area contributed by atoms with E-state index in [1.54, 1.807) is 19.2 Å². The summed E-state index contributed by atoms with van der Waals surface area (Å²) in [7, 11) is 1.63. The molecule has 2 aromatic carbocycles. The van der Waals surface area contributed by atoms with Crippen molar-refractivity contribution in [3.8, 4) is 11.5 Å². The van der Waals surface area contributed by atoms with Gasteiger partial charge >= 0.3 is 11.3 Å². The molecule has 0 unspecified atom stereocenters. The average molecular weight is 455 g/mol. The number of amides is 3. The molecule has 1 heterocycles. The van der Waals surface area contributed by atoms with Crippen LogP contribution in [-0.4, -0.2) is 41.0 Å². The summed E-state index contributed by atoms with van der Waals surface area (Å²) in [5, 5.41) is 8.49. The van der Waals surface area contributed by atoms with E-state index in [4.69, 9.17) is 15.2 Å². The van der Waals surface area contributed by atoms with Gasteiger partial charge in [0.05, 0.1) is 25.5 Å². The minimum Gasteiger partial charge on any atom is -0.493 e. The van der Waals surface area contributed by atoms with Gasteiger partial charge < -0.3 is 20.5 Å². The van der Waals surface area contributed by atoms with E-state index in [0.717, 1.165) is 29.7 Å². The molecule has 0 aromatic heterocycles. The molecule has 1 saturated carbocycles. The fourth-order valence-electron chi connectivity index (χ4n) is 3.80. The molecule has 3 amide bonds. The number of methoxy groups -OCH3 is 1. The zero-order valence-electron chi connectivity index (χ0n) is 17.9. The summed E-state index contributed by atoms with van der Waals surface area (Å²) in [6, 6.07) is 12.3. The largest absolute Gasteiger partial charge is 0.493 e. The Morgan fingerprint density at radius 2 is 1.94 bits per heavy atom. The van der Waals surface area contributed by atoms with E-state index in [2.05, 4.69) is 10.4 Å². The van der Waals surface area contributed by atoms with Gasteiger partial charge in [0.2, 0.25) is 0 Å². The monoisotopic (exact) mass is 454 g/mol. The first-order valence-electron chi connectivity index (χ1n) is 10.5. The topological polar surface area (TPSA) is 106 Å². The average Bonchev–Trinajstić information content (AvgIpc) is 3.29. The molecule has 0 radical (unpaired) electrons. The summed E-state index contributed by atoms with van der Waals surface area (Å²) in [5.41, 5.74) is 8.33. The molecule has 1 aliphatic heterocycles. The van der Waals surface area contributed by atoms with Crippen molar-refractivity contribution in [2.24, 2.45) is 10.8 Å². The number of thioether (sulfide) groups is 1. The number of nitrogens with zero attached hydrogens (tertiary/aromatic N) is 2. The third-order valence-electron chi connectivity index (χ3n) is 5.43. The molecule has 4 rings (SSSR count). The van der Waals surface area contributed by atoms with Crippen LogP contribution in [0.5, 0.6) is 11.5 Å². The van der Waals surface area contributed by atoms with Gasteiger partial charge in [-0.25, -0.2) is 9.80 Å². The molecule has 168 valence electrons. The number of carbonyl (C=O) groups excluding carboxylic acids is 2. The lowest BCUT2D eigenvalue weighted by Crippen LogP contribution is -2.29. The normalized spacial score (nSPS) is 16.6. The Balaban J connectivity index is 1.52. The number of rotatable bonds is 7. The maximum absolute atomic E-state index is 12.4. The van der Waals surface area contributed by atoms with Crippen LogP contribution in [0.1, 0.15) is 36.8 Å². The zero-order valence-corrected chi connectivity index (χ0v) is 18.7. The molecule has 1 fully saturated rings. The molecule has 1 aliphatic carbocycles. The van der Waals surface area contributed by atoms with Gasteiger partial charge in [0.15, 0.2) is 11.5 Å². The Labute approximate surface area is 191 Å². The number of anilines is 1. The smallest absolute Gasteiger partial charge is 0.316 e. The molecule has 9 heteroatoms. The summed E-state index contributed by atoms with van der Waals surface area (Å²) in [4.78, 5) is 23.4. The van der Waals surface area contributed by atoms with E-state index in [9.17, 15) is 9.59 Å². The van der Waals surface area contributed by atoms with Crippen molar-refractivity contribution in [2.75, 3.05) is 18.2 Å². The Hall–Kier alpha value is -3.20. The summed E-state index contributed by atoms with van der Waals surface area (Å²) in [6.07, 6.45) is 4.70. The molecule has 0 atom stereocenters. The van der Waals surface area contributed by atoms with Gasteiger partial charge in [-0.05, 0) is 61.6 Å². The van der Waals surface area contributed by atoms with Crippen LogP contribution < -0.4 is 20.5 Å². The summed E-state index contributed by atoms with van der Waals surface area (Å²) >= 11 is 1.22. The standard InChI is InChI=1S/C23H26N4O4S/c1-30-20-11-8-16(12-21(20)31-18-4-2-3-5-18)19-14-32-23(29)27(26-19)13-15-6-9-17(10-7-15)25-22(24)28/h6-12,18H,2-5,13-14H2,1H3,(H3,24,25,28). The van der Waals surface area contributed by atoms with Crippen LogP contribution in [0.4, 0.5) is 15.3 Å². The molecule has 32 heavy (non-hydrogen) atoms. The van der Waals surface area contributed by atoms with E-state index in [1.165, 1.54) is 29.6 Å². The molecule has 8 nitrogen and oxygen atoms in total. The van der Waals surface area contributed by atoms with Crippen molar-refractivity contribution < 1.29 is 19.1 Å². The quantitative estimate of drug-likeness (QED) is 0.637. The lowest BCUT2D eigenvalue weighted by Gasteiger charge is -2.24. The molecule has 0 spiro atoms. The Bertz CT molecular complexity index is 1020. The number of nitrogens with two attached hydrogens (primary N) is 1. The minimum absolute atomic E-state index is 0.107. The lowest BCUT2D eigenvalue weighted by atomic mass is 10.1. The van der Waals surface area contributed by atoms with Gasteiger partial charge in [-0.3, -0.25) is 4.79 Å². The molecular formula is C23H26N4O4S. The van der Waals surface area contributed by atoms with E-state index >= 15 is 0 Å². The number of ether oxygens (including phenoxy) is 2. The fourth-order valence-corrected chi connectivity index (χ4v) is 4.54. The molecule has 3 N–H and O–H groups in total. The van der Waals surface area contributed by atoms with Crippen LogP contribution in [0, 0.1) is 0 Å². The van der Waals surface area contributed by atoms with Gasteiger partial charge in [-0.2, -0.15) is 5.10 Å². The second-order valence-corrected chi connectivity index (χ2v) is 8.66. The van der Waals surface area contributed by atoms with Crippen molar-refractivity contribution in [1.29, 1.82) is 0 Å². The minimum atomic E-state index is -0.620. The predicted octanol–water partition coefficient (Wildman–Crippen LogP) is 4.58. The van der Waals surface area contributed by atoms with Crippen molar-refractivity contribution in [3.63, 3.8) is 0 Å². The molecule has 0 saturated heterocycles. The van der Waals surface area contributed by atoms with E-state index in [-0.39, 0.29) is 11.3 Å². The summed E-state index contributed by atoms with van der Waals surface area (Å²) in [5.74, 6) is 1.90. The predicted molar refractivity (Wildman–Crippen MR) is 125 cm³/mol. The number of hydrogen-bond acceptors (Lipinski definition) is 6. The van der Waals surface area contributed by atoms with Gasteiger partial charge in [0.25, 0.3) is 0 Å². The van der Waals surface area contributed by atoms with Crippen molar-refractivity contribution in [2.45, 2.75) is 38.3 Å². The Kier molecular flexibility index (Phi) is 6.84. The van der Waals surface area contributed by atoms with Crippen molar-refractivity contribution in [1.82, 2.24) is 5.01 Å². The van der Waals surface area contributed by atoms with E-state index < -0.39 is 6.03 Å². The SMILES string of the molecule is COc1ccc(C2=NN(Cc3ccc(NC(N)=O)cc3)C(=O)SC2)cc1OC1CCCC1. The number of benzene rings is 2. The zero-order chi connectivity index (χ0) is 22.5. The van der Waals surface area contributed by atoms with Gasteiger partial charge in [-0.15, -0.1) is 0 Å². The van der Waals surface area contributed by atoms with Crippen molar-refractivity contribution >= 4 is 34.4 Å². The second-order valence-electron chi connectivity index (χ2n) is 7.74. The number of urea groups is 1. The van der Waals surface area contributed by atoms with Crippen LogP contribution in [0.25, 0.3) is 0 Å². The number of hydrogen-bond donors (Lipinski definition) is 2. The van der Waals surface area contributed by atoms with Gasteiger partial charge in [-0.1, -0.05) is 23.9 Å². The first-order valence-corrected chi connectivity index (χ1v) is 11.5. The molecule has 2 aliphatic rings. The Morgan fingerprint density at radius 3 is 2.62 bits per heavy atom. The fraction of sp³-hybridized carbons (Fsp3) is 0.348. The third kappa shape index (κ3) is 5.34. The van der Waals surface area contributed by atoms with E-state index in [1.807, 2.05) is 30.3 Å². The van der Waals surface area contributed by atoms with Gasteiger partial charge in [0.1, 0.15) is 0 Å².